The minimum Gasteiger partial charge on any atom is -0.256 e. The lowest BCUT2D eigenvalue weighted by atomic mass is 9.78. The number of pyridine rings is 1. The Kier molecular flexibility index (Phi) is 9.93. The van der Waals surface area contributed by atoms with Crippen LogP contribution in [0, 0.1) is 11.8 Å². The minimum atomic E-state index is 0.937. The van der Waals surface area contributed by atoms with Crippen molar-refractivity contribution in [3.63, 3.8) is 0 Å². The van der Waals surface area contributed by atoms with E-state index >= 15 is 0 Å². The molecule has 1 saturated carbocycles. The summed E-state index contributed by atoms with van der Waals surface area (Å²) >= 11 is 0. The van der Waals surface area contributed by atoms with Crippen LogP contribution in [0.15, 0.2) is 42.6 Å². The fourth-order valence-electron chi connectivity index (χ4n) is 5.11. The summed E-state index contributed by atoms with van der Waals surface area (Å²) in [5.41, 5.74) is 5.21. The van der Waals surface area contributed by atoms with Crippen molar-refractivity contribution in [1.82, 2.24) is 4.98 Å². The molecule has 2 aromatic rings. The molecule has 0 unspecified atom stereocenters. The Morgan fingerprint density at radius 3 is 1.97 bits per heavy atom. The van der Waals surface area contributed by atoms with Crippen LogP contribution in [-0.2, 0) is 12.8 Å². The van der Waals surface area contributed by atoms with Gasteiger partial charge < -0.3 is 0 Å². The number of benzene rings is 1. The molecular formula is C29H43N. The third kappa shape index (κ3) is 7.56. The van der Waals surface area contributed by atoms with Gasteiger partial charge in [0.25, 0.3) is 0 Å². The summed E-state index contributed by atoms with van der Waals surface area (Å²) < 4.78 is 0. The number of aryl methyl sites for hydroxylation is 2. The zero-order valence-electron chi connectivity index (χ0n) is 19.5. The van der Waals surface area contributed by atoms with E-state index in [-0.39, 0.29) is 0 Å². The van der Waals surface area contributed by atoms with Crippen molar-refractivity contribution in [3.05, 3.63) is 53.7 Å². The molecule has 0 bridgehead atoms. The molecule has 1 aliphatic carbocycles. The van der Waals surface area contributed by atoms with Crippen LogP contribution in [0.5, 0.6) is 0 Å². The maximum Gasteiger partial charge on any atom is 0.0702 e. The molecule has 1 heterocycles. The van der Waals surface area contributed by atoms with Gasteiger partial charge in [0.05, 0.1) is 5.69 Å². The number of hydrogen-bond donors (Lipinski definition) is 0. The van der Waals surface area contributed by atoms with Gasteiger partial charge in [-0.15, -0.1) is 0 Å². The smallest absolute Gasteiger partial charge is 0.0702 e. The molecule has 1 fully saturated rings. The first-order valence-electron chi connectivity index (χ1n) is 12.8. The summed E-state index contributed by atoms with van der Waals surface area (Å²) in [5.74, 6) is 1.95. The quantitative estimate of drug-likeness (QED) is 0.321. The lowest BCUT2D eigenvalue weighted by Crippen LogP contribution is -2.15. The van der Waals surface area contributed by atoms with E-state index in [0.717, 1.165) is 17.5 Å². The van der Waals surface area contributed by atoms with Crippen molar-refractivity contribution in [2.24, 2.45) is 11.8 Å². The van der Waals surface area contributed by atoms with Crippen LogP contribution >= 0.6 is 0 Å². The molecule has 0 atom stereocenters. The molecule has 0 N–H and O–H groups in total. The molecule has 30 heavy (non-hydrogen) atoms. The molecule has 0 spiro atoms. The summed E-state index contributed by atoms with van der Waals surface area (Å²) in [5, 5.41) is 0. The second-order valence-corrected chi connectivity index (χ2v) is 9.63. The number of aromatic nitrogens is 1. The molecule has 0 radical (unpaired) electrons. The third-order valence-corrected chi connectivity index (χ3v) is 7.15. The molecule has 1 aromatic heterocycles. The van der Waals surface area contributed by atoms with Crippen LogP contribution in [0.2, 0.25) is 0 Å². The first kappa shape index (κ1) is 23.0. The molecule has 0 saturated heterocycles. The lowest BCUT2D eigenvalue weighted by Gasteiger charge is -2.28. The molecular weight excluding hydrogens is 362 g/mol. The predicted molar refractivity (Wildman–Crippen MR) is 131 cm³/mol. The van der Waals surface area contributed by atoms with Crippen LogP contribution in [0.25, 0.3) is 11.3 Å². The van der Waals surface area contributed by atoms with Gasteiger partial charge in [0.2, 0.25) is 0 Å². The van der Waals surface area contributed by atoms with Crippen molar-refractivity contribution in [2.75, 3.05) is 0 Å². The SMILES string of the molecule is CCCCCCCc1ccc(-c2ccc(CCC3CCC(CCC)CC3)cn2)cc1. The molecule has 1 nitrogen and oxygen atoms in total. The maximum absolute atomic E-state index is 4.77. The summed E-state index contributed by atoms with van der Waals surface area (Å²) in [7, 11) is 0. The molecule has 1 aliphatic rings. The van der Waals surface area contributed by atoms with Crippen LogP contribution < -0.4 is 0 Å². The van der Waals surface area contributed by atoms with Crippen LogP contribution in [0.4, 0.5) is 0 Å². The number of rotatable bonds is 12. The Morgan fingerprint density at radius 1 is 0.667 bits per heavy atom. The Balaban J connectivity index is 1.42. The van der Waals surface area contributed by atoms with E-state index in [9.17, 15) is 0 Å². The standard InChI is InChI=1S/C29H43N/c1-3-5-6-7-8-10-25-17-20-28(21-18-25)29-22-19-27(23-30-29)16-15-26-13-11-24(9-4-2)12-14-26/h17-24,26H,3-16H2,1-2H3. The Labute approximate surface area is 185 Å². The zero-order chi connectivity index (χ0) is 21.0. The Morgan fingerprint density at radius 2 is 1.33 bits per heavy atom. The van der Waals surface area contributed by atoms with E-state index in [0.29, 0.717) is 0 Å². The minimum absolute atomic E-state index is 0.937. The number of nitrogens with zero attached hydrogens (tertiary/aromatic N) is 1. The summed E-state index contributed by atoms with van der Waals surface area (Å²) in [4.78, 5) is 4.77. The van der Waals surface area contributed by atoms with Crippen molar-refractivity contribution >= 4 is 0 Å². The van der Waals surface area contributed by atoms with E-state index in [1.807, 2.05) is 0 Å². The van der Waals surface area contributed by atoms with Crippen LogP contribution in [0.3, 0.4) is 0 Å². The summed E-state index contributed by atoms with van der Waals surface area (Å²) in [6.45, 7) is 4.60. The second-order valence-electron chi connectivity index (χ2n) is 9.63. The van der Waals surface area contributed by atoms with E-state index in [1.54, 1.807) is 0 Å². The fraction of sp³-hybridized carbons (Fsp3) is 0.621. The highest BCUT2D eigenvalue weighted by Crippen LogP contribution is 2.33. The molecule has 164 valence electrons. The van der Waals surface area contributed by atoms with E-state index < -0.39 is 0 Å². The van der Waals surface area contributed by atoms with Gasteiger partial charge in [0.15, 0.2) is 0 Å². The molecule has 0 aliphatic heterocycles. The maximum atomic E-state index is 4.77. The van der Waals surface area contributed by atoms with Crippen LogP contribution in [0.1, 0.15) is 102 Å². The largest absolute Gasteiger partial charge is 0.256 e. The Bertz CT molecular complexity index is 692. The first-order valence-corrected chi connectivity index (χ1v) is 12.8. The van der Waals surface area contributed by atoms with E-state index in [4.69, 9.17) is 4.98 Å². The number of unbranched alkanes of at least 4 members (excludes halogenated alkanes) is 4. The van der Waals surface area contributed by atoms with Gasteiger partial charge in [-0.05, 0) is 54.7 Å². The molecule has 3 rings (SSSR count). The van der Waals surface area contributed by atoms with Crippen molar-refractivity contribution in [2.45, 2.75) is 104 Å². The predicted octanol–water partition coefficient (Wildman–Crippen LogP) is 8.80. The monoisotopic (exact) mass is 405 g/mol. The number of hydrogen-bond acceptors (Lipinski definition) is 1. The molecule has 0 amide bonds. The topological polar surface area (TPSA) is 12.9 Å². The summed E-state index contributed by atoms with van der Waals surface area (Å²) in [6, 6.07) is 13.6. The first-order chi connectivity index (χ1) is 14.8. The average molecular weight is 406 g/mol. The van der Waals surface area contributed by atoms with Crippen LogP contribution in [-0.4, -0.2) is 4.98 Å². The van der Waals surface area contributed by atoms with Crippen molar-refractivity contribution < 1.29 is 0 Å². The lowest BCUT2D eigenvalue weighted by molar-refractivity contribution is 0.252. The third-order valence-electron chi connectivity index (χ3n) is 7.15. The molecule has 1 aromatic carbocycles. The van der Waals surface area contributed by atoms with Crippen molar-refractivity contribution in [3.8, 4) is 11.3 Å². The highest BCUT2D eigenvalue weighted by molar-refractivity contribution is 5.59. The van der Waals surface area contributed by atoms with Gasteiger partial charge in [-0.25, -0.2) is 0 Å². The van der Waals surface area contributed by atoms with E-state index in [1.165, 1.54) is 107 Å². The van der Waals surface area contributed by atoms with Gasteiger partial charge in [-0.3, -0.25) is 4.98 Å². The molecule has 1 heteroatoms. The highest BCUT2D eigenvalue weighted by atomic mass is 14.7. The van der Waals surface area contributed by atoms with Gasteiger partial charge in [-0.2, -0.15) is 0 Å². The summed E-state index contributed by atoms with van der Waals surface area (Å²) in [6.07, 6.45) is 21.2. The van der Waals surface area contributed by atoms with Gasteiger partial charge in [0, 0.05) is 11.8 Å². The van der Waals surface area contributed by atoms with E-state index in [2.05, 4.69) is 56.4 Å². The van der Waals surface area contributed by atoms with Gasteiger partial charge >= 0.3 is 0 Å². The normalized spacial score (nSPS) is 19.1. The Hall–Kier alpha value is -1.63. The van der Waals surface area contributed by atoms with Gasteiger partial charge in [-0.1, -0.05) is 108 Å². The zero-order valence-corrected chi connectivity index (χ0v) is 19.5. The van der Waals surface area contributed by atoms with Crippen molar-refractivity contribution in [1.29, 1.82) is 0 Å². The fourth-order valence-corrected chi connectivity index (χ4v) is 5.11. The highest BCUT2D eigenvalue weighted by Gasteiger charge is 2.20. The average Bonchev–Trinajstić information content (AvgIpc) is 2.79. The second kappa shape index (κ2) is 12.9. The van der Waals surface area contributed by atoms with Gasteiger partial charge in [0.1, 0.15) is 0 Å².